The lowest BCUT2D eigenvalue weighted by atomic mass is 10.2. The highest BCUT2D eigenvalue weighted by Crippen LogP contribution is 2.24. The van der Waals surface area contributed by atoms with Crippen LogP contribution in [0.3, 0.4) is 0 Å². The Morgan fingerprint density at radius 1 is 1.26 bits per heavy atom. The summed E-state index contributed by atoms with van der Waals surface area (Å²) < 4.78 is 9.10. The van der Waals surface area contributed by atoms with Crippen molar-refractivity contribution >= 4 is 28.4 Å². The first-order valence-electron chi connectivity index (χ1n) is 5.60. The monoisotopic (exact) mass is 271 g/mol. The van der Waals surface area contributed by atoms with Crippen LogP contribution >= 0.6 is 11.5 Å². The lowest BCUT2D eigenvalue weighted by Gasteiger charge is -2.05. The van der Waals surface area contributed by atoms with Gasteiger partial charge in [0.25, 0.3) is 0 Å². The van der Waals surface area contributed by atoms with Crippen LogP contribution < -0.4 is 4.74 Å². The molecular weight excluding hydrogens is 262 g/mol. The highest BCUT2D eigenvalue weighted by molar-refractivity contribution is 7.07. The summed E-state index contributed by atoms with van der Waals surface area (Å²) in [6.07, 6.45) is 1.67. The summed E-state index contributed by atoms with van der Waals surface area (Å²) in [5.74, 6) is -0.0125. The maximum atomic E-state index is 12.0. The van der Waals surface area contributed by atoms with Crippen LogP contribution in [0.1, 0.15) is 15.4 Å². The fraction of sp³-hybridized carbons (Fsp3) is 0.0769. The van der Waals surface area contributed by atoms with Gasteiger partial charge in [0, 0.05) is 11.6 Å². The van der Waals surface area contributed by atoms with Gasteiger partial charge in [-0.1, -0.05) is 22.7 Å². The highest BCUT2D eigenvalue weighted by Gasteiger charge is 2.16. The molecule has 19 heavy (non-hydrogen) atoms. The number of carbonyl (C=O) groups is 1. The number of hydrogen-bond acceptors (Lipinski definition) is 6. The van der Waals surface area contributed by atoms with E-state index >= 15 is 0 Å². The van der Waals surface area contributed by atoms with E-state index in [9.17, 15) is 4.79 Å². The first-order chi connectivity index (χ1) is 9.25. The molecule has 0 aliphatic heterocycles. The summed E-state index contributed by atoms with van der Waals surface area (Å²) in [5, 5.41) is 4.72. The Morgan fingerprint density at radius 3 is 2.89 bits per heavy atom. The zero-order valence-electron chi connectivity index (χ0n) is 10.0. The van der Waals surface area contributed by atoms with Crippen molar-refractivity contribution in [2.75, 3.05) is 0 Å². The summed E-state index contributed by atoms with van der Waals surface area (Å²) in [7, 11) is 0. The molecule has 1 aromatic carbocycles. The molecule has 0 amide bonds. The number of para-hydroxylation sites is 1. The number of benzene rings is 1. The van der Waals surface area contributed by atoms with Crippen molar-refractivity contribution < 1.29 is 9.53 Å². The molecule has 0 radical (unpaired) electrons. The average molecular weight is 271 g/mol. The van der Waals surface area contributed by atoms with Gasteiger partial charge in [-0.15, -0.1) is 5.10 Å². The number of aromatic nitrogens is 3. The minimum Gasteiger partial charge on any atom is -0.420 e. The van der Waals surface area contributed by atoms with E-state index in [4.69, 9.17) is 4.74 Å². The van der Waals surface area contributed by atoms with E-state index in [-0.39, 0.29) is 0 Å². The number of rotatable bonds is 2. The van der Waals surface area contributed by atoms with Gasteiger partial charge in [-0.25, -0.2) is 4.79 Å². The van der Waals surface area contributed by atoms with E-state index in [1.54, 1.807) is 19.2 Å². The number of fused-ring (bicyclic) bond motifs is 1. The van der Waals surface area contributed by atoms with Crippen LogP contribution in [0.15, 0.2) is 36.5 Å². The van der Waals surface area contributed by atoms with Crippen molar-refractivity contribution in [1.82, 2.24) is 14.6 Å². The molecule has 2 aromatic heterocycles. The van der Waals surface area contributed by atoms with E-state index < -0.39 is 5.97 Å². The minimum absolute atomic E-state index is 0.410. The number of hydrogen-bond donors (Lipinski definition) is 0. The molecule has 0 bridgehead atoms. The van der Waals surface area contributed by atoms with Crippen LogP contribution in [-0.4, -0.2) is 20.5 Å². The molecule has 0 aliphatic rings. The predicted molar refractivity (Wildman–Crippen MR) is 71.3 cm³/mol. The SMILES string of the molecule is Cc1nnsc1C(=O)Oc1cccc2cccnc12. The molecule has 5 nitrogen and oxygen atoms in total. The van der Waals surface area contributed by atoms with Crippen molar-refractivity contribution in [3.05, 3.63) is 47.1 Å². The molecule has 0 unspecified atom stereocenters. The van der Waals surface area contributed by atoms with E-state index in [2.05, 4.69) is 14.6 Å². The average Bonchev–Trinajstić information content (AvgIpc) is 2.85. The minimum atomic E-state index is -0.453. The first kappa shape index (κ1) is 11.7. The molecule has 94 valence electrons. The lowest BCUT2D eigenvalue weighted by molar-refractivity contribution is 0.0741. The molecule has 2 heterocycles. The van der Waals surface area contributed by atoms with Gasteiger partial charge in [-0.3, -0.25) is 4.98 Å². The maximum Gasteiger partial charge on any atom is 0.357 e. The summed E-state index contributed by atoms with van der Waals surface area (Å²) >= 11 is 1.03. The number of pyridine rings is 1. The van der Waals surface area contributed by atoms with Gasteiger partial charge < -0.3 is 4.74 Å². The van der Waals surface area contributed by atoms with Gasteiger partial charge in [0.15, 0.2) is 10.6 Å². The van der Waals surface area contributed by atoms with Gasteiger partial charge in [0.05, 0.1) is 5.69 Å². The molecule has 0 spiro atoms. The Bertz CT molecular complexity index is 749. The number of nitrogens with zero attached hydrogens (tertiary/aromatic N) is 3. The molecule has 0 aliphatic carbocycles. The second-order valence-corrected chi connectivity index (χ2v) is 4.66. The van der Waals surface area contributed by atoms with Gasteiger partial charge in [-0.2, -0.15) is 0 Å². The Kier molecular flexibility index (Phi) is 2.92. The van der Waals surface area contributed by atoms with Crippen LogP contribution in [-0.2, 0) is 0 Å². The van der Waals surface area contributed by atoms with E-state index in [1.165, 1.54) is 0 Å². The van der Waals surface area contributed by atoms with Gasteiger partial charge in [-0.05, 0) is 30.6 Å². The molecular formula is C13H9N3O2S. The lowest BCUT2D eigenvalue weighted by Crippen LogP contribution is -2.08. The maximum absolute atomic E-state index is 12.0. The number of ether oxygens (including phenoxy) is 1. The van der Waals surface area contributed by atoms with Gasteiger partial charge >= 0.3 is 5.97 Å². The number of esters is 1. The largest absolute Gasteiger partial charge is 0.420 e. The molecule has 3 rings (SSSR count). The smallest absolute Gasteiger partial charge is 0.357 e. The Labute approximate surface area is 113 Å². The Morgan fingerprint density at radius 2 is 2.11 bits per heavy atom. The van der Waals surface area contributed by atoms with Crippen LogP contribution in [0.4, 0.5) is 0 Å². The van der Waals surface area contributed by atoms with E-state index in [0.717, 1.165) is 16.9 Å². The molecule has 6 heteroatoms. The van der Waals surface area contributed by atoms with Crippen LogP contribution in [0, 0.1) is 6.92 Å². The summed E-state index contributed by atoms with van der Waals surface area (Å²) in [5.41, 5.74) is 1.23. The molecule has 0 fully saturated rings. The topological polar surface area (TPSA) is 65.0 Å². The Balaban J connectivity index is 1.98. The molecule has 0 saturated carbocycles. The molecule has 0 saturated heterocycles. The predicted octanol–water partition coefficient (Wildman–Crippen LogP) is 2.61. The Hall–Kier alpha value is -2.34. The first-order valence-corrected chi connectivity index (χ1v) is 6.38. The van der Waals surface area contributed by atoms with Crippen molar-refractivity contribution in [1.29, 1.82) is 0 Å². The number of aryl methyl sites for hydroxylation is 1. The summed E-state index contributed by atoms with van der Waals surface area (Å²) in [6, 6.07) is 9.21. The second kappa shape index (κ2) is 4.74. The molecule has 0 atom stereocenters. The third-order valence-electron chi connectivity index (χ3n) is 2.64. The standard InChI is InChI=1S/C13H9N3O2S/c1-8-12(19-16-15-8)13(17)18-10-6-2-4-9-5-3-7-14-11(9)10/h2-7H,1H3. The van der Waals surface area contributed by atoms with E-state index in [0.29, 0.717) is 21.8 Å². The summed E-state index contributed by atoms with van der Waals surface area (Å²) in [4.78, 5) is 16.7. The molecule has 3 aromatic rings. The van der Waals surface area contributed by atoms with Gasteiger partial charge in [0.1, 0.15) is 5.52 Å². The van der Waals surface area contributed by atoms with Crippen molar-refractivity contribution in [3.63, 3.8) is 0 Å². The number of carbonyl (C=O) groups excluding carboxylic acids is 1. The fourth-order valence-corrected chi connectivity index (χ4v) is 2.26. The highest BCUT2D eigenvalue weighted by atomic mass is 32.1. The normalized spacial score (nSPS) is 10.6. The van der Waals surface area contributed by atoms with E-state index in [1.807, 2.05) is 24.3 Å². The zero-order chi connectivity index (χ0) is 13.2. The second-order valence-electron chi connectivity index (χ2n) is 3.91. The third kappa shape index (κ3) is 2.17. The fourth-order valence-electron chi connectivity index (χ4n) is 1.72. The van der Waals surface area contributed by atoms with Crippen molar-refractivity contribution in [2.24, 2.45) is 0 Å². The quantitative estimate of drug-likeness (QED) is 0.529. The zero-order valence-corrected chi connectivity index (χ0v) is 10.8. The van der Waals surface area contributed by atoms with Crippen LogP contribution in [0.25, 0.3) is 10.9 Å². The summed E-state index contributed by atoms with van der Waals surface area (Å²) in [6.45, 7) is 1.72. The van der Waals surface area contributed by atoms with Gasteiger partial charge in [0.2, 0.25) is 0 Å². The third-order valence-corrected chi connectivity index (χ3v) is 3.44. The van der Waals surface area contributed by atoms with Crippen molar-refractivity contribution in [2.45, 2.75) is 6.92 Å². The van der Waals surface area contributed by atoms with Crippen LogP contribution in [0.2, 0.25) is 0 Å². The van der Waals surface area contributed by atoms with Crippen molar-refractivity contribution in [3.8, 4) is 5.75 Å². The molecule has 0 N–H and O–H groups in total. The van der Waals surface area contributed by atoms with Crippen LogP contribution in [0.5, 0.6) is 5.75 Å².